The number of halogens is 2. The topological polar surface area (TPSA) is 81.2 Å². The van der Waals surface area contributed by atoms with E-state index in [2.05, 4.69) is 4.98 Å². The van der Waals surface area contributed by atoms with Crippen molar-refractivity contribution >= 4 is 11.6 Å². The van der Waals surface area contributed by atoms with Crippen LogP contribution in [-0.4, -0.2) is 21.3 Å². The Morgan fingerprint density at radius 1 is 1.46 bits per heavy atom. The lowest BCUT2D eigenvalue weighted by Gasteiger charge is -2.28. The second-order valence-corrected chi connectivity index (χ2v) is 6.39. The number of imidazole rings is 1. The monoisotopic (exact) mass is 332 g/mol. The smallest absolute Gasteiger partial charge is 0.248 e. The van der Waals surface area contributed by atoms with Crippen molar-refractivity contribution in [2.75, 3.05) is 0 Å². The van der Waals surface area contributed by atoms with Crippen LogP contribution in [0, 0.1) is 24.2 Å². The zero-order chi connectivity index (χ0) is 17.5. The van der Waals surface area contributed by atoms with Gasteiger partial charge in [0.25, 0.3) is 0 Å². The summed E-state index contributed by atoms with van der Waals surface area (Å²) in [6.07, 6.45) is 0.705. The van der Waals surface area contributed by atoms with Gasteiger partial charge in [0.2, 0.25) is 5.92 Å². The quantitative estimate of drug-likeness (QED) is 0.863. The molecule has 1 aliphatic carbocycles. The van der Waals surface area contributed by atoms with E-state index in [9.17, 15) is 18.7 Å². The molecule has 0 radical (unpaired) electrons. The molecular weight excluding hydrogens is 316 g/mol. The highest BCUT2D eigenvalue weighted by Crippen LogP contribution is 2.38. The number of aryl methyl sites for hydroxylation is 1. The number of carboxylic acid groups (broad SMARTS) is 1. The number of carbonyl (C=O) groups is 1. The Kier molecular flexibility index (Phi) is 3.99. The average molecular weight is 332 g/mol. The van der Waals surface area contributed by atoms with Crippen molar-refractivity contribution in [3.05, 3.63) is 34.8 Å². The van der Waals surface area contributed by atoms with E-state index in [1.807, 2.05) is 6.07 Å². The number of aromatic carboxylic acids is 1. The van der Waals surface area contributed by atoms with Gasteiger partial charge in [0.1, 0.15) is 11.3 Å². The summed E-state index contributed by atoms with van der Waals surface area (Å²) in [6, 6.07) is 5.17. The number of hydrogen-bond acceptors (Lipinski definition) is 4. The molecule has 0 N–H and O–H groups in total. The fourth-order valence-corrected chi connectivity index (χ4v) is 3.43. The van der Waals surface area contributed by atoms with Gasteiger partial charge in [-0.05, 0) is 44.2 Å². The predicted octanol–water partition coefficient (Wildman–Crippen LogP) is 2.25. The summed E-state index contributed by atoms with van der Waals surface area (Å²) in [5, 5.41) is 20.5. The van der Waals surface area contributed by atoms with Crippen LogP contribution in [0.1, 0.15) is 53.1 Å². The van der Waals surface area contributed by atoms with E-state index >= 15 is 0 Å². The lowest BCUT2D eigenvalue weighted by molar-refractivity contribution is -0.255. The van der Waals surface area contributed by atoms with Crippen LogP contribution in [0.5, 0.6) is 0 Å². The minimum Gasteiger partial charge on any atom is -0.543 e. The number of carbonyl (C=O) groups excluding carboxylic acids is 1. The molecule has 0 spiro atoms. The number of hydrogen-bond donors (Lipinski definition) is 0. The predicted molar refractivity (Wildman–Crippen MR) is 79.6 cm³/mol. The Morgan fingerprint density at radius 3 is 2.71 bits per heavy atom. The number of fused-ring (bicyclic) bond motifs is 1. The molecule has 1 fully saturated rings. The highest BCUT2D eigenvalue weighted by molar-refractivity contribution is 5.86. The maximum atomic E-state index is 13.3. The van der Waals surface area contributed by atoms with Gasteiger partial charge >= 0.3 is 0 Å². The van der Waals surface area contributed by atoms with Crippen LogP contribution in [0.3, 0.4) is 0 Å². The fraction of sp³-hybridized carbons (Fsp3) is 0.471. The van der Waals surface area contributed by atoms with Gasteiger partial charge in [-0.2, -0.15) is 5.26 Å². The summed E-state index contributed by atoms with van der Waals surface area (Å²) in [4.78, 5) is 15.5. The number of nitriles is 1. The van der Waals surface area contributed by atoms with Crippen molar-refractivity contribution in [1.29, 1.82) is 5.26 Å². The second kappa shape index (κ2) is 5.86. The molecule has 7 heteroatoms. The van der Waals surface area contributed by atoms with Gasteiger partial charge in [0.05, 0.1) is 23.3 Å². The maximum Gasteiger partial charge on any atom is 0.248 e. The lowest BCUT2D eigenvalue weighted by atomic mass is 9.83. The molecule has 3 rings (SSSR count). The van der Waals surface area contributed by atoms with E-state index in [-0.39, 0.29) is 24.5 Å². The molecule has 0 aliphatic heterocycles. The number of nitrogens with zero attached hydrogens (tertiary/aromatic N) is 3. The first kappa shape index (κ1) is 16.4. The van der Waals surface area contributed by atoms with E-state index in [1.165, 1.54) is 6.07 Å². The van der Waals surface area contributed by atoms with Crippen molar-refractivity contribution in [1.82, 2.24) is 9.38 Å². The highest BCUT2D eigenvalue weighted by atomic mass is 19.3. The molecule has 1 aliphatic rings. The number of pyridine rings is 1. The van der Waals surface area contributed by atoms with Crippen LogP contribution < -0.4 is 5.11 Å². The molecule has 0 saturated heterocycles. The standard InChI is InChI=1S/C17H17F2N3O2/c1-10-6-12(9-20)8-14-21-15(16(23)24)13(22(10)14)7-11-2-4-17(18,19)5-3-11/h6,8,11H,2-5,7H2,1H3,(H,23,24)/p-1. The van der Waals surface area contributed by atoms with Gasteiger partial charge in [-0.15, -0.1) is 0 Å². The van der Waals surface area contributed by atoms with Gasteiger partial charge < -0.3 is 14.3 Å². The normalized spacial score (nSPS) is 17.8. The average Bonchev–Trinajstić information content (AvgIpc) is 2.88. The van der Waals surface area contributed by atoms with Gasteiger partial charge in [-0.1, -0.05) is 0 Å². The Balaban J connectivity index is 2.01. The molecule has 24 heavy (non-hydrogen) atoms. The summed E-state index contributed by atoms with van der Waals surface area (Å²) in [5.41, 5.74) is 1.72. The first-order valence-corrected chi connectivity index (χ1v) is 7.82. The maximum absolute atomic E-state index is 13.3. The van der Waals surface area contributed by atoms with Crippen LogP contribution in [0.4, 0.5) is 8.78 Å². The molecule has 126 valence electrons. The Hall–Kier alpha value is -2.49. The Morgan fingerprint density at radius 2 is 2.12 bits per heavy atom. The van der Waals surface area contributed by atoms with Crippen LogP contribution in [0.2, 0.25) is 0 Å². The van der Waals surface area contributed by atoms with Crippen LogP contribution in [0.25, 0.3) is 5.65 Å². The molecule has 2 heterocycles. The minimum absolute atomic E-state index is 0.0160. The number of carboxylic acids is 1. The van der Waals surface area contributed by atoms with Gasteiger partial charge in [0, 0.05) is 18.5 Å². The highest BCUT2D eigenvalue weighted by Gasteiger charge is 2.35. The van der Waals surface area contributed by atoms with Crippen molar-refractivity contribution in [2.45, 2.75) is 45.0 Å². The van der Waals surface area contributed by atoms with Crippen LogP contribution >= 0.6 is 0 Å². The molecular formula is C17H16F2N3O2-. The summed E-state index contributed by atoms with van der Waals surface area (Å²) in [7, 11) is 0. The molecule has 2 aromatic heterocycles. The van der Waals surface area contributed by atoms with E-state index in [0.29, 0.717) is 41.9 Å². The lowest BCUT2D eigenvalue weighted by Crippen LogP contribution is -2.28. The summed E-state index contributed by atoms with van der Waals surface area (Å²) >= 11 is 0. The van der Waals surface area contributed by atoms with Gasteiger partial charge in [-0.3, -0.25) is 0 Å². The zero-order valence-corrected chi connectivity index (χ0v) is 13.2. The summed E-state index contributed by atoms with van der Waals surface area (Å²) in [6.45, 7) is 1.76. The SMILES string of the molecule is Cc1cc(C#N)cc2nc(C(=O)[O-])c(CC3CCC(F)(F)CC3)n12. The van der Waals surface area contributed by atoms with E-state index in [1.54, 1.807) is 17.4 Å². The zero-order valence-electron chi connectivity index (χ0n) is 13.2. The van der Waals surface area contributed by atoms with E-state index < -0.39 is 11.9 Å². The minimum atomic E-state index is -2.62. The third kappa shape index (κ3) is 2.96. The molecule has 0 atom stereocenters. The van der Waals surface area contributed by atoms with Crippen LogP contribution in [0.15, 0.2) is 12.1 Å². The molecule has 0 amide bonds. The van der Waals surface area contributed by atoms with Gasteiger partial charge in [-0.25, -0.2) is 13.8 Å². The molecule has 5 nitrogen and oxygen atoms in total. The molecule has 2 aromatic rings. The molecule has 0 bridgehead atoms. The van der Waals surface area contributed by atoms with Gasteiger partial charge in [0.15, 0.2) is 0 Å². The van der Waals surface area contributed by atoms with E-state index in [0.717, 1.165) is 0 Å². The number of alkyl halides is 2. The van der Waals surface area contributed by atoms with Crippen molar-refractivity contribution < 1.29 is 18.7 Å². The van der Waals surface area contributed by atoms with E-state index in [4.69, 9.17) is 5.26 Å². The number of rotatable bonds is 3. The summed E-state index contributed by atoms with van der Waals surface area (Å²) in [5.74, 6) is -4.03. The van der Waals surface area contributed by atoms with Crippen molar-refractivity contribution in [3.63, 3.8) is 0 Å². The third-order valence-electron chi connectivity index (χ3n) is 4.64. The summed E-state index contributed by atoms with van der Waals surface area (Å²) < 4.78 is 28.3. The van der Waals surface area contributed by atoms with Crippen LogP contribution in [-0.2, 0) is 6.42 Å². The Labute approximate surface area is 137 Å². The first-order valence-electron chi connectivity index (χ1n) is 7.82. The first-order chi connectivity index (χ1) is 11.3. The van der Waals surface area contributed by atoms with Crippen molar-refractivity contribution in [3.8, 4) is 6.07 Å². The fourth-order valence-electron chi connectivity index (χ4n) is 3.43. The molecule has 0 unspecified atom stereocenters. The molecule has 1 saturated carbocycles. The molecule has 0 aromatic carbocycles. The number of aromatic nitrogens is 2. The Bertz CT molecular complexity index is 842. The second-order valence-electron chi connectivity index (χ2n) is 6.39. The third-order valence-corrected chi connectivity index (χ3v) is 4.64. The van der Waals surface area contributed by atoms with Crippen molar-refractivity contribution in [2.24, 2.45) is 5.92 Å². The largest absolute Gasteiger partial charge is 0.543 e.